The van der Waals surface area contributed by atoms with Gasteiger partial charge in [-0.25, -0.2) is 4.57 Å². The van der Waals surface area contributed by atoms with Crippen molar-refractivity contribution < 1.29 is 37.6 Å². The van der Waals surface area contributed by atoms with E-state index in [1.54, 1.807) is 0 Å². The van der Waals surface area contributed by atoms with E-state index in [2.05, 4.69) is 123 Å². The molecule has 0 aliphatic carbocycles. The number of esters is 2. The van der Waals surface area contributed by atoms with Crippen LogP contribution in [0.15, 0.2) is 109 Å². The number of carbonyl (C=O) groups excluding carboxylic acids is 2. The number of hydrogen-bond donors (Lipinski definition) is 2. The molecule has 0 saturated heterocycles. The molecular weight excluding hydrogens is 1030 g/mol. The highest BCUT2D eigenvalue weighted by Crippen LogP contribution is 2.43. The highest BCUT2D eigenvalue weighted by molar-refractivity contribution is 7.47. The van der Waals surface area contributed by atoms with Crippen molar-refractivity contribution in [1.29, 1.82) is 0 Å². The Hall–Kier alpha value is -3.33. The minimum Gasteiger partial charge on any atom is -0.462 e. The molecule has 0 rings (SSSR count). The first-order chi connectivity index (χ1) is 39.8. The molecule has 0 saturated carbocycles. The first-order valence-electron chi connectivity index (χ1n) is 33.4. The molecule has 0 heterocycles. The Kier molecular flexibility index (Phi) is 63.1. The van der Waals surface area contributed by atoms with Crippen molar-refractivity contribution in [3.05, 3.63) is 109 Å². The number of hydrogen-bond acceptors (Lipinski definition) is 8. The van der Waals surface area contributed by atoms with Crippen LogP contribution in [0.4, 0.5) is 0 Å². The van der Waals surface area contributed by atoms with Crippen molar-refractivity contribution in [2.75, 3.05) is 26.4 Å². The molecule has 0 aromatic carbocycles. The average Bonchev–Trinajstić information content (AvgIpc) is 3.46. The molecule has 2 atom stereocenters. The Balaban J connectivity index is 3.93. The van der Waals surface area contributed by atoms with Crippen LogP contribution in [0.1, 0.15) is 296 Å². The Morgan fingerprint density at radius 3 is 1.01 bits per heavy atom. The van der Waals surface area contributed by atoms with Crippen molar-refractivity contribution in [3.8, 4) is 0 Å². The summed E-state index contributed by atoms with van der Waals surface area (Å²) in [6, 6.07) is 0. The maximum absolute atomic E-state index is 12.8. The van der Waals surface area contributed by atoms with Crippen LogP contribution >= 0.6 is 7.82 Å². The monoisotopic (exact) mass is 1150 g/mol. The first-order valence-corrected chi connectivity index (χ1v) is 34.9. The smallest absolute Gasteiger partial charge is 0.462 e. The molecule has 3 N–H and O–H groups in total. The van der Waals surface area contributed by atoms with E-state index in [4.69, 9.17) is 24.3 Å². The molecule has 0 amide bonds. The molecule has 0 aromatic rings. The summed E-state index contributed by atoms with van der Waals surface area (Å²) in [4.78, 5) is 35.3. The Morgan fingerprint density at radius 2 is 0.679 bits per heavy atom. The molecule has 81 heavy (non-hydrogen) atoms. The summed E-state index contributed by atoms with van der Waals surface area (Å²) < 4.78 is 33.2. The minimum atomic E-state index is -4.40. The highest BCUT2D eigenvalue weighted by Gasteiger charge is 2.26. The maximum Gasteiger partial charge on any atom is 0.472 e. The minimum absolute atomic E-state index is 0.0487. The van der Waals surface area contributed by atoms with Crippen LogP contribution in [-0.4, -0.2) is 49.3 Å². The second kappa shape index (κ2) is 65.8. The van der Waals surface area contributed by atoms with E-state index in [0.717, 1.165) is 96.3 Å². The summed E-state index contributed by atoms with van der Waals surface area (Å²) in [5, 5.41) is 0. The summed E-state index contributed by atoms with van der Waals surface area (Å²) in [6.45, 7) is 3.63. The third-order valence-corrected chi connectivity index (χ3v) is 15.1. The lowest BCUT2D eigenvalue weighted by Gasteiger charge is -2.19. The van der Waals surface area contributed by atoms with Gasteiger partial charge in [0.1, 0.15) is 6.61 Å². The van der Waals surface area contributed by atoms with Gasteiger partial charge in [-0.1, -0.05) is 290 Å². The fourth-order valence-electron chi connectivity index (χ4n) is 9.24. The average molecular weight is 1150 g/mol. The number of ether oxygens (including phenoxy) is 2. The zero-order valence-electron chi connectivity index (χ0n) is 52.2. The van der Waals surface area contributed by atoms with E-state index >= 15 is 0 Å². The van der Waals surface area contributed by atoms with Gasteiger partial charge in [0.05, 0.1) is 13.2 Å². The molecule has 10 heteroatoms. The number of nitrogens with two attached hydrogens (primary N) is 1. The predicted molar refractivity (Wildman–Crippen MR) is 348 cm³/mol. The fraction of sp³-hybridized carbons (Fsp3) is 0.718. The van der Waals surface area contributed by atoms with Gasteiger partial charge in [0.25, 0.3) is 0 Å². The normalized spacial score (nSPS) is 13.7. The number of rotatable bonds is 62. The molecule has 9 nitrogen and oxygen atoms in total. The van der Waals surface area contributed by atoms with Crippen LogP contribution in [-0.2, 0) is 32.7 Å². The highest BCUT2D eigenvalue weighted by atomic mass is 31.2. The zero-order valence-corrected chi connectivity index (χ0v) is 53.1. The zero-order chi connectivity index (χ0) is 58.7. The Morgan fingerprint density at radius 1 is 0.383 bits per heavy atom. The van der Waals surface area contributed by atoms with Crippen LogP contribution in [0.5, 0.6) is 0 Å². The number of phosphoric ester groups is 1. The molecule has 0 bridgehead atoms. The summed E-state index contributed by atoms with van der Waals surface area (Å²) in [5.41, 5.74) is 5.40. The molecule has 466 valence electrons. The van der Waals surface area contributed by atoms with Gasteiger partial charge in [-0.2, -0.15) is 0 Å². The molecule has 0 aliphatic heterocycles. The molecule has 0 fully saturated rings. The van der Waals surface area contributed by atoms with Gasteiger partial charge >= 0.3 is 19.8 Å². The van der Waals surface area contributed by atoms with E-state index in [9.17, 15) is 19.0 Å². The van der Waals surface area contributed by atoms with Crippen molar-refractivity contribution >= 4 is 19.8 Å². The fourth-order valence-corrected chi connectivity index (χ4v) is 10.0. The van der Waals surface area contributed by atoms with Crippen LogP contribution < -0.4 is 5.73 Å². The summed E-state index contributed by atoms with van der Waals surface area (Å²) in [7, 11) is -4.40. The number of phosphoric acid groups is 1. The van der Waals surface area contributed by atoms with E-state index in [-0.39, 0.29) is 38.6 Å². The second-order valence-corrected chi connectivity index (χ2v) is 23.4. The van der Waals surface area contributed by atoms with Gasteiger partial charge in [-0.3, -0.25) is 18.6 Å². The standard InChI is InChI=1S/C71H124NO8P/c1-3-5-7-9-11-13-15-17-19-21-23-25-27-29-31-33-34-36-37-39-41-43-45-47-49-51-53-55-57-59-61-63-70(73)77-67-69(68-79-81(75,76)78-66-65-72)80-71(74)64-62-60-58-56-54-52-50-48-46-44-42-40-38-35-32-30-28-26-24-22-20-18-16-14-12-10-8-6-4-2/h6,8,12,14-15,17-18,20-21,23-24,26-27,29-30,32,38,40,69H,3-5,7,9-11,13,16,19,22,25,28,31,33-37,39,41-68,72H2,1-2H3,(H,75,76)/b8-6-,14-12-,17-15-,20-18-,23-21-,26-24-,29-27-,32-30-,40-38-. The van der Waals surface area contributed by atoms with Gasteiger partial charge < -0.3 is 20.1 Å². The molecule has 0 spiro atoms. The Labute approximate surface area is 499 Å². The quantitative estimate of drug-likeness (QED) is 0.0264. The lowest BCUT2D eigenvalue weighted by atomic mass is 10.0. The van der Waals surface area contributed by atoms with E-state index in [1.807, 2.05) is 0 Å². The van der Waals surface area contributed by atoms with Crippen molar-refractivity contribution in [2.24, 2.45) is 5.73 Å². The van der Waals surface area contributed by atoms with Gasteiger partial charge in [0.15, 0.2) is 6.10 Å². The SMILES string of the molecule is CC/C=C\C/C=C\C/C=C\C/C=C\C/C=C\C/C=C\CCCCCCCCCCCCC(=O)OC(COC(=O)CCCCCCCCCCCCCCCCCC/C=C\C/C=C\C/C=C\CCCCCCC)COP(=O)(O)OCCN. The lowest BCUT2D eigenvalue weighted by Crippen LogP contribution is -2.29. The van der Waals surface area contributed by atoms with Crippen molar-refractivity contribution in [3.63, 3.8) is 0 Å². The second-order valence-electron chi connectivity index (χ2n) is 22.0. The molecule has 2 unspecified atom stereocenters. The van der Waals surface area contributed by atoms with E-state index in [0.29, 0.717) is 6.42 Å². The van der Waals surface area contributed by atoms with Crippen molar-refractivity contribution in [1.82, 2.24) is 0 Å². The summed E-state index contributed by atoms with van der Waals surface area (Å²) >= 11 is 0. The molecule has 0 aromatic heterocycles. The van der Waals surface area contributed by atoms with Gasteiger partial charge in [-0.05, 0) is 103 Å². The third kappa shape index (κ3) is 65.7. The van der Waals surface area contributed by atoms with Crippen LogP contribution in [0, 0.1) is 0 Å². The predicted octanol–water partition coefficient (Wildman–Crippen LogP) is 21.7. The van der Waals surface area contributed by atoms with Gasteiger partial charge in [0, 0.05) is 19.4 Å². The number of carbonyl (C=O) groups is 2. The number of unbranched alkanes of at least 4 members (excludes halogenated alkanes) is 31. The molecular formula is C71H124NO8P. The molecule has 0 aliphatic rings. The van der Waals surface area contributed by atoms with E-state index < -0.39 is 26.5 Å². The largest absolute Gasteiger partial charge is 0.472 e. The van der Waals surface area contributed by atoms with Crippen LogP contribution in [0.3, 0.4) is 0 Å². The maximum atomic E-state index is 12.8. The van der Waals surface area contributed by atoms with Gasteiger partial charge in [0.2, 0.25) is 0 Å². The van der Waals surface area contributed by atoms with Gasteiger partial charge in [-0.15, -0.1) is 0 Å². The lowest BCUT2D eigenvalue weighted by molar-refractivity contribution is -0.161. The van der Waals surface area contributed by atoms with Crippen LogP contribution in [0.25, 0.3) is 0 Å². The topological polar surface area (TPSA) is 134 Å². The Bertz CT molecular complexity index is 1690. The number of allylic oxidation sites excluding steroid dienone is 18. The third-order valence-electron chi connectivity index (χ3n) is 14.1. The first kappa shape index (κ1) is 77.7. The van der Waals surface area contributed by atoms with Crippen molar-refractivity contribution in [2.45, 2.75) is 302 Å². The summed E-state index contributed by atoms with van der Waals surface area (Å²) in [6.07, 6.45) is 90.2. The van der Waals surface area contributed by atoms with E-state index in [1.165, 1.54) is 167 Å². The van der Waals surface area contributed by atoms with Crippen LogP contribution in [0.2, 0.25) is 0 Å². The molecule has 0 radical (unpaired) electrons. The summed E-state index contributed by atoms with van der Waals surface area (Å²) in [5.74, 6) is -0.829.